The van der Waals surface area contributed by atoms with Gasteiger partial charge in [0.25, 0.3) is 0 Å². The predicted molar refractivity (Wildman–Crippen MR) is 53.1 cm³/mol. The lowest BCUT2D eigenvalue weighted by molar-refractivity contribution is -0.0606. The Kier molecular flexibility index (Phi) is 8.02. The quantitative estimate of drug-likeness (QED) is 0.542. The molecule has 14 heavy (non-hydrogen) atoms. The summed E-state index contributed by atoms with van der Waals surface area (Å²) < 4.78 is 15.5. The molecule has 0 aromatic heterocycles. The van der Waals surface area contributed by atoms with Crippen LogP contribution in [0.5, 0.6) is 0 Å². The standard InChI is InChI=1S/C9H21NO4/c1-11-6-9(7-12-2,8-13-3)5-10-14-4/h10H,5-8H2,1-4H3. The highest BCUT2D eigenvalue weighted by atomic mass is 16.6. The van der Waals surface area contributed by atoms with E-state index in [1.54, 1.807) is 28.4 Å². The van der Waals surface area contributed by atoms with E-state index in [9.17, 15) is 0 Å². The molecule has 0 saturated carbocycles. The number of hydrogen-bond acceptors (Lipinski definition) is 5. The highest BCUT2D eigenvalue weighted by Gasteiger charge is 2.30. The van der Waals surface area contributed by atoms with Crippen LogP contribution in [0.4, 0.5) is 0 Å². The van der Waals surface area contributed by atoms with Crippen molar-refractivity contribution in [1.82, 2.24) is 5.48 Å². The van der Waals surface area contributed by atoms with Crippen molar-refractivity contribution in [1.29, 1.82) is 0 Å². The molecule has 0 saturated heterocycles. The van der Waals surface area contributed by atoms with Crippen molar-refractivity contribution in [3.8, 4) is 0 Å². The van der Waals surface area contributed by atoms with Crippen LogP contribution in [-0.4, -0.2) is 54.8 Å². The molecular formula is C9H21NO4. The number of ether oxygens (including phenoxy) is 3. The van der Waals surface area contributed by atoms with Gasteiger partial charge >= 0.3 is 0 Å². The van der Waals surface area contributed by atoms with Crippen molar-refractivity contribution in [3.63, 3.8) is 0 Å². The Morgan fingerprint density at radius 2 is 1.29 bits per heavy atom. The van der Waals surface area contributed by atoms with Crippen molar-refractivity contribution in [3.05, 3.63) is 0 Å². The second-order valence-electron chi connectivity index (χ2n) is 3.32. The highest BCUT2D eigenvalue weighted by Crippen LogP contribution is 2.17. The molecule has 0 aliphatic rings. The molecule has 0 rings (SSSR count). The van der Waals surface area contributed by atoms with E-state index in [4.69, 9.17) is 19.0 Å². The average molecular weight is 207 g/mol. The highest BCUT2D eigenvalue weighted by molar-refractivity contribution is 4.80. The Hall–Kier alpha value is -0.200. The zero-order valence-corrected chi connectivity index (χ0v) is 9.46. The van der Waals surface area contributed by atoms with Crippen molar-refractivity contribution < 1.29 is 19.0 Å². The minimum atomic E-state index is -0.200. The molecule has 0 fully saturated rings. The molecule has 1 N–H and O–H groups in total. The molecule has 0 aromatic carbocycles. The van der Waals surface area contributed by atoms with Crippen LogP contribution < -0.4 is 5.48 Å². The third-order valence-corrected chi connectivity index (χ3v) is 1.94. The van der Waals surface area contributed by atoms with Gasteiger partial charge in [-0.2, -0.15) is 0 Å². The molecule has 0 spiro atoms. The molecule has 0 atom stereocenters. The summed E-state index contributed by atoms with van der Waals surface area (Å²) in [6.45, 7) is 2.31. The third kappa shape index (κ3) is 4.88. The molecule has 5 heteroatoms. The van der Waals surface area contributed by atoms with Gasteiger partial charge in [-0.25, -0.2) is 5.48 Å². The van der Waals surface area contributed by atoms with Crippen LogP contribution >= 0.6 is 0 Å². The maximum atomic E-state index is 5.15. The summed E-state index contributed by atoms with van der Waals surface area (Å²) in [5.74, 6) is 0. The third-order valence-electron chi connectivity index (χ3n) is 1.94. The molecule has 0 aromatic rings. The van der Waals surface area contributed by atoms with E-state index in [-0.39, 0.29) is 5.41 Å². The first-order valence-electron chi connectivity index (χ1n) is 4.47. The van der Waals surface area contributed by atoms with Gasteiger partial charge in [0.15, 0.2) is 0 Å². The van der Waals surface area contributed by atoms with Crippen LogP contribution in [0.3, 0.4) is 0 Å². The zero-order valence-electron chi connectivity index (χ0n) is 9.46. The van der Waals surface area contributed by atoms with Crippen molar-refractivity contribution in [2.24, 2.45) is 5.41 Å². The fraction of sp³-hybridized carbons (Fsp3) is 1.00. The Balaban J connectivity index is 4.21. The SMILES string of the molecule is COCC(CNOC)(COC)COC. The molecule has 5 nitrogen and oxygen atoms in total. The second-order valence-corrected chi connectivity index (χ2v) is 3.32. The monoisotopic (exact) mass is 207 g/mol. The Morgan fingerprint density at radius 1 is 0.857 bits per heavy atom. The lowest BCUT2D eigenvalue weighted by Gasteiger charge is -2.31. The van der Waals surface area contributed by atoms with Crippen LogP contribution in [0.15, 0.2) is 0 Å². The normalized spacial score (nSPS) is 12.0. The van der Waals surface area contributed by atoms with E-state index in [2.05, 4.69) is 5.48 Å². The molecule has 0 aliphatic heterocycles. The summed E-state index contributed by atoms with van der Waals surface area (Å²) in [7, 11) is 6.56. The summed E-state index contributed by atoms with van der Waals surface area (Å²) in [5.41, 5.74) is 2.60. The number of nitrogens with one attached hydrogen (secondary N) is 1. The van der Waals surface area contributed by atoms with Gasteiger partial charge in [0.2, 0.25) is 0 Å². The first-order valence-corrected chi connectivity index (χ1v) is 4.47. The van der Waals surface area contributed by atoms with Crippen molar-refractivity contribution >= 4 is 0 Å². The molecule has 0 bridgehead atoms. The molecular weight excluding hydrogens is 186 g/mol. The van der Waals surface area contributed by atoms with Gasteiger partial charge in [0.05, 0.1) is 32.3 Å². The van der Waals surface area contributed by atoms with Crippen LogP contribution in [-0.2, 0) is 19.0 Å². The topological polar surface area (TPSA) is 49.0 Å². The van der Waals surface area contributed by atoms with Gasteiger partial charge in [0.1, 0.15) is 0 Å². The first-order chi connectivity index (χ1) is 6.74. The van der Waals surface area contributed by atoms with E-state index >= 15 is 0 Å². The van der Waals surface area contributed by atoms with Gasteiger partial charge in [-0.1, -0.05) is 0 Å². The molecule has 0 aliphatic carbocycles. The minimum absolute atomic E-state index is 0.200. The summed E-state index contributed by atoms with van der Waals surface area (Å²) in [6.07, 6.45) is 0. The van der Waals surface area contributed by atoms with Crippen molar-refractivity contribution in [2.45, 2.75) is 0 Å². The summed E-state index contributed by atoms with van der Waals surface area (Å²) in [4.78, 5) is 4.82. The molecule has 0 amide bonds. The van der Waals surface area contributed by atoms with Gasteiger partial charge < -0.3 is 19.0 Å². The van der Waals surface area contributed by atoms with E-state index in [0.717, 1.165) is 0 Å². The Labute approximate surface area is 85.6 Å². The van der Waals surface area contributed by atoms with Crippen LogP contribution in [0.2, 0.25) is 0 Å². The summed E-state index contributed by atoms with van der Waals surface area (Å²) in [6, 6.07) is 0. The molecule has 86 valence electrons. The first kappa shape index (κ1) is 13.8. The van der Waals surface area contributed by atoms with E-state index < -0.39 is 0 Å². The second kappa shape index (κ2) is 8.14. The van der Waals surface area contributed by atoms with E-state index in [1.165, 1.54) is 0 Å². The fourth-order valence-electron chi connectivity index (χ4n) is 1.42. The van der Waals surface area contributed by atoms with E-state index in [1.807, 2.05) is 0 Å². The lowest BCUT2D eigenvalue weighted by Crippen LogP contribution is -2.44. The molecule has 0 unspecified atom stereocenters. The maximum Gasteiger partial charge on any atom is 0.0576 e. The van der Waals surface area contributed by atoms with Crippen LogP contribution in [0.25, 0.3) is 0 Å². The zero-order chi connectivity index (χ0) is 10.9. The summed E-state index contributed by atoms with van der Waals surface area (Å²) >= 11 is 0. The Morgan fingerprint density at radius 3 is 1.57 bits per heavy atom. The fourth-order valence-corrected chi connectivity index (χ4v) is 1.42. The van der Waals surface area contributed by atoms with Crippen LogP contribution in [0.1, 0.15) is 0 Å². The summed E-state index contributed by atoms with van der Waals surface area (Å²) in [5, 5.41) is 0. The van der Waals surface area contributed by atoms with E-state index in [0.29, 0.717) is 26.4 Å². The average Bonchev–Trinajstić information content (AvgIpc) is 2.16. The number of rotatable bonds is 9. The van der Waals surface area contributed by atoms with Gasteiger partial charge in [-0.15, -0.1) is 0 Å². The van der Waals surface area contributed by atoms with Gasteiger partial charge in [0, 0.05) is 27.9 Å². The number of hydroxylamine groups is 1. The van der Waals surface area contributed by atoms with Crippen LogP contribution in [0, 0.1) is 5.41 Å². The van der Waals surface area contributed by atoms with Gasteiger partial charge in [-0.05, 0) is 0 Å². The largest absolute Gasteiger partial charge is 0.384 e. The smallest absolute Gasteiger partial charge is 0.0576 e. The molecule has 0 radical (unpaired) electrons. The van der Waals surface area contributed by atoms with Crippen molar-refractivity contribution in [2.75, 3.05) is 54.8 Å². The number of hydrogen-bond donors (Lipinski definition) is 1. The Bertz CT molecular complexity index is 115. The maximum absolute atomic E-state index is 5.15. The van der Waals surface area contributed by atoms with Gasteiger partial charge in [-0.3, -0.25) is 0 Å². The number of methoxy groups -OCH3 is 3. The molecule has 0 heterocycles. The lowest BCUT2D eigenvalue weighted by atomic mass is 9.91. The minimum Gasteiger partial charge on any atom is -0.384 e. The predicted octanol–water partition coefficient (Wildman–Crippen LogP) is 0.0630.